The minimum Gasteiger partial charge on any atom is -0.229 e. The van der Waals surface area contributed by atoms with Crippen LogP contribution in [0.1, 0.15) is 25.7 Å². The lowest BCUT2D eigenvalue weighted by molar-refractivity contribution is 0.346. The first kappa shape index (κ1) is 18.8. The summed E-state index contributed by atoms with van der Waals surface area (Å²) in [6.07, 6.45) is 2.61. The van der Waals surface area contributed by atoms with Crippen molar-refractivity contribution in [3.63, 3.8) is 0 Å². The van der Waals surface area contributed by atoms with Crippen molar-refractivity contribution < 1.29 is 25.3 Å². The fourth-order valence-electron chi connectivity index (χ4n) is 3.26. The summed E-state index contributed by atoms with van der Waals surface area (Å²) in [5.74, 6) is -0.554. The summed E-state index contributed by atoms with van der Waals surface area (Å²) in [5, 5.41) is -1.01. The van der Waals surface area contributed by atoms with Crippen molar-refractivity contribution >= 4 is 29.7 Å². The summed E-state index contributed by atoms with van der Waals surface area (Å²) in [5.41, 5.74) is 0. The first-order valence-electron chi connectivity index (χ1n) is 8.17. The first-order chi connectivity index (χ1) is 11.6. The van der Waals surface area contributed by atoms with Crippen molar-refractivity contribution in [2.45, 2.75) is 40.7 Å². The SMILES string of the molecule is O=S1(=O)CC[C@H](S(=O)(=O)c2cccc(S(=O)(=O)N3CCCCC3)c2)C1. The maximum absolute atomic E-state index is 12.7. The van der Waals surface area contributed by atoms with Gasteiger partial charge in [0.1, 0.15) is 0 Å². The van der Waals surface area contributed by atoms with Crippen molar-refractivity contribution in [2.24, 2.45) is 0 Å². The smallest absolute Gasteiger partial charge is 0.229 e. The average molecular weight is 408 g/mol. The minimum absolute atomic E-state index is 0.0494. The molecule has 0 amide bonds. The van der Waals surface area contributed by atoms with Crippen LogP contribution in [0.4, 0.5) is 0 Å². The molecule has 0 N–H and O–H groups in total. The molecule has 7 nitrogen and oxygen atoms in total. The van der Waals surface area contributed by atoms with Crippen LogP contribution in [0.15, 0.2) is 34.1 Å². The molecule has 1 atom stereocenters. The predicted octanol–water partition coefficient (Wildman–Crippen LogP) is 0.822. The number of nitrogens with zero attached hydrogens (tertiary/aromatic N) is 1. The Kier molecular flexibility index (Phi) is 5.00. The summed E-state index contributed by atoms with van der Waals surface area (Å²) in [4.78, 5) is -0.191. The zero-order chi connectivity index (χ0) is 18.3. The molecule has 2 saturated heterocycles. The van der Waals surface area contributed by atoms with Crippen LogP contribution < -0.4 is 0 Å². The van der Waals surface area contributed by atoms with Crippen LogP contribution in [0, 0.1) is 0 Å². The highest BCUT2D eigenvalue weighted by atomic mass is 32.2. The van der Waals surface area contributed by atoms with Gasteiger partial charge in [-0.2, -0.15) is 4.31 Å². The zero-order valence-corrected chi connectivity index (χ0v) is 16.1. The highest BCUT2D eigenvalue weighted by molar-refractivity contribution is 7.96. The Hall–Kier alpha value is -0.970. The molecular formula is C15H21NO6S3. The van der Waals surface area contributed by atoms with Gasteiger partial charge in [0.05, 0.1) is 26.5 Å². The Labute approximate surface area is 148 Å². The molecule has 0 spiro atoms. The maximum atomic E-state index is 12.7. The summed E-state index contributed by atoms with van der Waals surface area (Å²) in [6.45, 7) is 0.861. The minimum atomic E-state index is -3.89. The molecule has 0 aliphatic carbocycles. The molecule has 25 heavy (non-hydrogen) atoms. The number of hydrogen-bond acceptors (Lipinski definition) is 6. The summed E-state index contributed by atoms with van der Waals surface area (Å²) >= 11 is 0. The molecule has 0 bridgehead atoms. The Morgan fingerprint density at radius 1 is 0.960 bits per heavy atom. The van der Waals surface area contributed by atoms with Gasteiger partial charge >= 0.3 is 0 Å². The molecule has 1 aromatic carbocycles. The van der Waals surface area contributed by atoms with Gasteiger partial charge < -0.3 is 0 Å². The van der Waals surface area contributed by atoms with Crippen LogP contribution >= 0.6 is 0 Å². The second-order valence-electron chi connectivity index (χ2n) is 6.51. The first-order valence-corrected chi connectivity index (χ1v) is 13.0. The van der Waals surface area contributed by atoms with E-state index in [1.165, 1.54) is 22.5 Å². The third-order valence-electron chi connectivity index (χ3n) is 4.72. The lowest BCUT2D eigenvalue weighted by Gasteiger charge is -2.26. The van der Waals surface area contributed by atoms with Crippen molar-refractivity contribution in [2.75, 3.05) is 24.6 Å². The number of sulfonamides is 1. The molecule has 2 fully saturated rings. The average Bonchev–Trinajstić information content (AvgIpc) is 2.96. The van der Waals surface area contributed by atoms with E-state index in [1.54, 1.807) is 0 Å². The maximum Gasteiger partial charge on any atom is 0.243 e. The molecule has 0 saturated carbocycles. The molecule has 0 aromatic heterocycles. The number of piperidine rings is 1. The van der Waals surface area contributed by atoms with E-state index >= 15 is 0 Å². The van der Waals surface area contributed by atoms with E-state index < -0.39 is 40.7 Å². The monoisotopic (exact) mass is 407 g/mol. The van der Waals surface area contributed by atoms with Crippen LogP contribution in [0.25, 0.3) is 0 Å². The lowest BCUT2D eigenvalue weighted by Crippen LogP contribution is -2.35. The van der Waals surface area contributed by atoms with Gasteiger partial charge in [0.15, 0.2) is 19.7 Å². The van der Waals surface area contributed by atoms with Gasteiger partial charge in [-0.15, -0.1) is 0 Å². The number of rotatable bonds is 4. The van der Waals surface area contributed by atoms with E-state index in [0.717, 1.165) is 25.3 Å². The summed E-state index contributed by atoms with van der Waals surface area (Å²) in [6, 6.07) is 5.27. The highest BCUT2D eigenvalue weighted by Crippen LogP contribution is 2.28. The largest absolute Gasteiger partial charge is 0.243 e. The van der Waals surface area contributed by atoms with Gasteiger partial charge in [0, 0.05) is 13.1 Å². The molecule has 2 heterocycles. The van der Waals surface area contributed by atoms with E-state index in [-0.39, 0.29) is 22.0 Å². The molecular weight excluding hydrogens is 386 g/mol. The lowest BCUT2D eigenvalue weighted by atomic mass is 10.2. The van der Waals surface area contributed by atoms with Gasteiger partial charge in [0.2, 0.25) is 10.0 Å². The summed E-state index contributed by atoms with van der Waals surface area (Å²) < 4.78 is 75.4. The van der Waals surface area contributed by atoms with Crippen LogP contribution in [-0.2, 0) is 29.7 Å². The van der Waals surface area contributed by atoms with E-state index in [0.29, 0.717) is 13.1 Å². The topological polar surface area (TPSA) is 106 Å². The number of sulfone groups is 2. The molecule has 1 aromatic rings. The Morgan fingerprint density at radius 3 is 2.20 bits per heavy atom. The highest BCUT2D eigenvalue weighted by Gasteiger charge is 2.38. The third kappa shape index (κ3) is 3.76. The quantitative estimate of drug-likeness (QED) is 0.732. The van der Waals surface area contributed by atoms with Crippen molar-refractivity contribution in [1.29, 1.82) is 0 Å². The molecule has 0 unspecified atom stereocenters. The standard InChI is InChI=1S/C15H21NO6S3/c17-23(18)10-7-15(12-23)24(19,20)13-5-4-6-14(11-13)25(21,22)16-8-2-1-3-9-16/h4-6,11,15H,1-3,7-10,12H2/t15-/m0/s1. The van der Waals surface area contributed by atoms with E-state index in [4.69, 9.17) is 0 Å². The Bertz CT molecular complexity index is 960. The molecule has 0 radical (unpaired) electrons. The second kappa shape index (κ2) is 6.64. The van der Waals surface area contributed by atoms with Crippen molar-refractivity contribution in [3.8, 4) is 0 Å². The number of hydrogen-bond donors (Lipinski definition) is 0. The van der Waals surface area contributed by atoms with Gasteiger partial charge in [0.25, 0.3) is 0 Å². The molecule has 10 heteroatoms. The van der Waals surface area contributed by atoms with Crippen molar-refractivity contribution in [1.82, 2.24) is 4.31 Å². The Balaban J connectivity index is 1.94. The fourth-order valence-corrected chi connectivity index (χ4v) is 9.31. The predicted molar refractivity (Wildman–Crippen MR) is 93.3 cm³/mol. The second-order valence-corrected chi connectivity index (χ2v) is 12.9. The van der Waals surface area contributed by atoms with Gasteiger partial charge in [-0.3, -0.25) is 0 Å². The normalized spacial score (nSPS) is 25.0. The summed E-state index contributed by atoms with van der Waals surface area (Å²) in [7, 11) is -11.0. The molecule has 2 aliphatic heterocycles. The van der Waals surface area contributed by atoms with Gasteiger partial charge in [-0.1, -0.05) is 12.5 Å². The molecule has 3 rings (SSSR count). The number of benzene rings is 1. The van der Waals surface area contributed by atoms with Crippen molar-refractivity contribution in [3.05, 3.63) is 24.3 Å². The van der Waals surface area contributed by atoms with E-state index in [2.05, 4.69) is 0 Å². The zero-order valence-electron chi connectivity index (χ0n) is 13.7. The third-order valence-corrected chi connectivity index (χ3v) is 10.8. The molecule has 2 aliphatic rings. The van der Waals surface area contributed by atoms with E-state index in [1.807, 2.05) is 0 Å². The van der Waals surface area contributed by atoms with Gasteiger partial charge in [-0.25, -0.2) is 25.3 Å². The fraction of sp³-hybridized carbons (Fsp3) is 0.600. The molecule has 140 valence electrons. The van der Waals surface area contributed by atoms with Crippen LogP contribution in [-0.4, -0.2) is 59.4 Å². The van der Waals surface area contributed by atoms with E-state index in [9.17, 15) is 25.3 Å². The van der Waals surface area contributed by atoms with Gasteiger partial charge in [-0.05, 0) is 37.5 Å². The van der Waals surface area contributed by atoms with Crippen LogP contribution in [0.3, 0.4) is 0 Å². The van der Waals surface area contributed by atoms with Crippen LogP contribution in [0.5, 0.6) is 0 Å². The Morgan fingerprint density at radius 2 is 1.60 bits per heavy atom. The van der Waals surface area contributed by atoms with Crippen LogP contribution in [0.2, 0.25) is 0 Å².